The van der Waals surface area contributed by atoms with Crippen molar-refractivity contribution < 1.29 is 4.79 Å². The monoisotopic (exact) mass is 371 g/mol. The van der Waals surface area contributed by atoms with E-state index in [-0.39, 0.29) is 5.91 Å². The molecule has 2 N–H and O–H groups in total. The zero-order valence-corrected chi connectivity index (χ0v) is 17.1. The highest BCUT2D eigenvalue weighted by Gasteiger charge is 2.33. The van der Waals surface area contributed by atoms with Gasteiger partial charge in [0.05, 0.1) is 6.17 Å². The minimum absolute atomic E-state index is 0.232. The molecule has 1 aromatic carbocycles. The van der Waals surface area contributed by atoms with Crippen molar-refractivity contribution in [2.75, 3.05) is 43.5 Å². The molecule has 2 aliphatic rings. The molecular weight excluding hydrogens is 338 g/mol. The van der Waals surface area contributed by atoms with E-state index in [9.17, 15) is 4.79 Å². The predicted molar refractivity (Wildman–Crippen MR) is 111 cm³/mol. The van der Waals surface area contributed by atoms with Crippen LogP contribution in [0.2, 0.25) is 0 Å². The molecular formula is C21H33N5O. The number of hydrogen-bond acceptors (Lipinski definition) is 5. The third-order valence-corrected chi connectivity index (χ3v) is 5.62. The summed E-state index contributed by atoms with van der Waals surface area (Å²) in [6, 6.07) is 6.42. The number of carbonyl (C=O) groups excluding carboxylic acids is 1. The number of anilines is 2. The quantitative estimate of drug-likeness (QED) is 0.832. The molecule has 3 rings (SSSR count). The Bertz CT molecular complexity index is 702. The topological polar surface area (TPSA) is 56.0 Å². The molecule has 6 heteroatoms. The molecule has 0 spiro atoms. The Balaban J connectivity index is 1.89. The molecule has 27 heavy (non-hydrogen) atoms. The lowest BCUT2D eigenvalue weighted by molar-refractivity contribution is -0.117. The van der Waals surface area contributed by atoms with Crippen LogP contribution in [0, 0.1) is 5.92 Å². The molecule has 0 saturated carbocycles. The second kappa shape index (κ2) is 8.31. The Morgan fingerprint density at radius 2 is 2.07 bits per heavy atom. The number of rotatable bonds is 6. The average molecular weight is 372 g/mol. The molecule has 2 atom stereocenters. The van der Waals surface area contributed by atoms with Gasteiger partial charge in [0.2, 0.25) is 5.91 Å². The fourth-order valence-electron chi connectivity index (χ4n) is 4.50. The van der Waals surface area contributed by atoms with E-state index >= 15 is 0 Å². The minimum atomic E-state index is 0.232. The summed E-state index contributed by atoms with van der Waals surface area (Å²) >= 11 is 0. The summed E-state index contributed by atoms with van der Waals surface area (Å²) in [5.74, 6) is 0.631. The maximum Gasteiger partial charge on any atom is 0.227 e. The van der Waals surface area contributed by atoms with E-state index in [1.807, 2.05) is 11.1 Å². The summed E-state index contributed by atoms with van der Waals surface area (Å²) in [5.41, 5.74) is 9.18. The van der Waals surface area contributed by atoms with Gasteiger partial charge >= 0.3 is 0 Å². The van der Waals surface area contributed by atoms with Gasteiger partial charge < -0.3 is 20.4 Å². The van der Waals surface area contributed by atoms with Crippen molar-refractivity contribution in [3.05, 3.63) is 36.2 Å². The number of hydrogen-bond donors (Lipinski definition) is 1. The largest absolute Gasteiger partial charge is 0.403 e. The van der Waals surface area contributed by atoms with Crippen LogP contribution in [0.25, 0.3) is 0 Å². The molecule has 6 nitrogen and oxygen atoms in total. The van der Waals surface area contributed by atoms with Gasteiger partial charge in [0.15, 0.2) is 0 Å². The molecule has 148 valence electrons. The molecule has 1 aromatic rings. The van der Waals surface area contributed by atoms with E-state index in [0.29, 0.717) is 18.5 Å². The van der Waals surface area contributed by atoms with Crippen LogP contribution < -0.4 is 15.5 Å². The Labute approximate surface area is 163 Å². The molecule has 0 radical (unpaired) electrons. The molecule has 2 heterocycles. The first-order valence-electron chi connectivity index (χ1n) is 9.97. The Kier molecular flexibility index (Phi) is 6.07. The number of nitrogens with two attached hydrogens (primary N) is 1. The van der Waals surface area contributed by atoms with Crippen LogP contribution in [0.1, 0.15) is 32.3 Å². The molecule has 0 aromatic heterocycles. The standard InChI is InChI=1S/C21H33N5O/c1-5-20-24(6-2)15-17-12-18(7-8-19(17)25(20)10-9-22)26-14-16(11-21(26)27)13-23(3)4/h7-10,12,16,20H,5-6,11,13-15,22H2,1-4H3/b10-9-/t16-,20?/m0/s1. The van der Waals surface area contributed by atoms with Crippen LogP contribution in [0.15, 0.2) is 30.6 Å². The van der Waals surface area contributed by atoms with E-state index in [1.54, 1.807) is 6.20 Å². The van der Waals surface area contributed by atoms with Gasteiger partial charge in [0.1, 0.15) is 0 Å². The number of nitrogens with zero attached hydrogens (tertiary/aromatic N) is 4. The normalized spacial score (nSPS) is 23.7. The van der Waals surface area contributed by atoms with Gasteiger partial charge in [-0.2, -0.15) is 0 Å². The first kappa shape index (κ1) is 19.7. The summed E-state index contributed by atoms with van der Waals surface area (Å²) in [6.45, 7) is 8.03. The number of benzene rings is 1. The second-order valence-corrected chi connectivity index (χ2v) is 7.85. The van der Waals surface area contributed by atoms with E-state index < -0.39 is 0 Å². The van der Waals surface area contributed by atoms with Gasteiger partial charge in [-0.1, -0.05) is 13.8 Å². The second-order valence-electron chi connectivity index (χ2n) is 7.85. The van der Waals surface area contributed by atoms with Crippen LogP contribution in [-0.2, 0) is 11.3 Å². The van der Waals surface area contributed by atoms with Crippen molar-refractivity contribution in [1.82, 2.24) is 9.80 Å². The van der Waals surface area contributed by atoms with Crippen LogP contribution in [0.3, 0.4) is 0 Å². The zero-order chi connectivity index (χ0) is 19.6. The molecule has 2 aliphatic heterocycles. The van der Waals surface area contributed by atoms with Gasteiger partial charge in [0.25, 0.3) is 0 Å². The lowest BCUT2D eigenvalue weighted by Crippen LogP contribution is -2.49. The third-order valence-electron chi connectivity index (χ3n) is 5.62. The van der Waals surface area contributed by atoms with E-state index in [1.165, 1.54) is 11.3 Å². The van der Waals surface area contributed by atoms with Gasteiger partial charge in [-0.3, -0.25) is 9.69 Å². The SMILES string of the molecule is CCC1N(CC)Cc2cc(N3C[C@H](CN(C)C)CC3=O)ccc2N1/C=C\N. The number of fused-ring (bicyclic) bond motifs is 1. The van der Waals surface area contributed by atoms with Gasteiger partial charge in [-0.15, -0.1) is 0 Å². The molecule has 1 fully saturated rings. The highest BCUT2D eigenvalue weighted by molar-refractivity contribution is 5.96. The van der Waals surface area contributed by atoms with Crippen molar-refractivity contribution in [1.29, 1.82) is 0 Å². The van der Waals surface area contributed by atoms with Crippen LogP contribution >= 0.6 is 0 Å². The number of carbonyl (C=O) groups is 1. The van der Waals surface area contributed by atoms with Crippen molar-refractivity contribution in [3.8, 4) is 0 Å². The molecule has 0 aliphatic carbocycles. The molecule has 1 amide bonds. The van der Waals surface area contributed by atoms with E-state index in [0.717, 1.165) is 38.3 Å². The highest BCUT2D eigenvalue weighted by Crippen LogP contribution is 2.36. The molecule has 1 unspecified atom stereocenters. The van der Waals surface area contributed by atoms with Crippen LogP contribution in [-0.4, -0.2) is 55.6 Å². The summed E-state index contributed by atoms with van der Waals surface area (Å²) in [4.78, 5) is 21.4. The van der Waals surface area contributed by atoms with Gasteiger partial charge in [-0.25, -0.2) is 0 Å². The fraction of sp³-hybridized carbons (Fsp3) is 0.571. The van der Waals surface area contributed by atoms with Crippen molar-refractivity contribution in [2.24, 2.45) is 11.7 Å². The van der Waals surface area contributed by atoms with Crippen molar-refractivity contribution >= 4 is 17.3 Å². The Hall–Kier alpha value is -2.05. The van der Waals surface area contributed by atoms with Crippen LogP contribution in [0.4, 0.5) is 11.4 Å². The maximum atomic E-state index is 12.6. The minimum Gasteiger partial charge on any atom is -0.403 e. The highest BCUT2D eigenvalue weighted by atomic mass is 16.2. The Morgan fingerprint density at radius 1 is 1.30 bits per heavy atom. The predicted octanol–water partition coefficient (Wildman–Crippen LogP) is 2.41. The lowest BCUT2D eigenvalue weighted by Gasteiger charge is -2.44. The first-order valence-corrected chi connectivity index (χ1v) is 9.97. The summed E-state index contributed by atoms with van der Waals surface area (Å²) in [7, 11) is 4.13. The van der Waals surface area contributed by atoms with Crippen molar-refractivity contribution in [3.63, 3.8) is 0 Å². The third kappa shape index (κ3) is 3.96. The van der Waals surface area contributed by atoms with Crippen molar-refractivity contribution in [2.45, 2.75) is 39.4 Å². The van der Waals surface area contributed by atoms with E-state index in [2.05, 4.69) is 60.8 Å². The van der Waals surface area contributed by atoms with Gasteiger partial charge in [-0.05, 0) is 56.7 Å². The summed E-state index contributed by atoms with van der Waals surface area (Å²) < 4.78 is 0. The summed E-state index contributed by atoms with van der Waals surface area (Å²) in [5, 5.41) is 0. The lowest BCUT2D eigenvalue weighted by atomic mass is 10.0. The zero-order valence-electron chi connectivity index (χ0n) is 17.1. The average Bonchev–Trinajstić information content (AvgIpc) is 3.00. The first-order chi connectivity index (χ1) is 13.0. The van der Waals surface area contributed by atoms with Crippen LogP contribution in [0.5, 0.6) is 0 Å². The van der Waals surface area contributed by atoms with E-state index in [4.69, 9.17) is 5.73 Å². The van der Waals surface area contributed by atoms with Gasteiger partial charge in [0, 0.05) is 49.8 Å². The number of amides is 1. The molecule has 1 saturated heterocycles. The maximum absolute atomic E-state index is 12.6. The Morgan fingerprint density at radius 3 is 2.70 bits per heavy atom. The summed E-state index contributed by atoms with van der Waals surface area (Å²) in [6.07, 6.45) is 5.54. The fourth-order valence-corrected chi connectivity index (χ4v) is 4.50. The molecule has 0 bridgehead atoms. The smallest absolute Gasteiger partial charge is 0.227 e.